The van der Waals surface area contributed by atoms with E-state index in [0.29, 0.717) is 6.61 Å². The first-order chi connectivity index (χ1) is 16.4. The van der Waals surface area contributed by atoms with Crippen LogP contribution in [0.25, 0.3) is 0 Å². The first kappa shape index (κ1) is 27.3. The van der Waals surface area contributed by atoms with Gasteiger partial charge in [-0.25, -0.2) is 0 Å². The molecule has 2 amide bonds. The Morgan fingerprint density at radius 3 is 2.38 bits per heavy atom. The van der Waals surface area contributed by atoms with E-state index in [2.05, 4.69) is 12.2 Å². The van der Waals surface area contributed by atoms with E-state index in [1.807, 2.05) is 0 Å². The zero-order chi connectivity index (χ0) is 24.8. The molecule has 0 radical (unpaired) electrons. The van der Waals surface area contributed by atoms with Gasteiger partial charge in [0.25, 0.3) is 11.6 Å². The Bertz CT molecular complexity index is 829. The van der Waals surface area contributed by atoms with Crippen LogP contribution in [0.3, 0.4) is 0 Å². The Hall–Kier alpha value is -2.97. The van der Waals surface area contributed by atoms with Gasteiger partial charge in [0.1, 0.15) is 6.04 Å². The highest BCUT2D eigenvalue weighted by Crippen LogP contribution is 2.19. The third-order valence-corrected chi connectivity index (χ3v) is 6.02. The number of esters is 1. The summed E-state index contributed by atoms with van der Waals surface area (Å²) < 4.78 is 5.30. The number of piperazine rings is 1. The molecule has 0 spiro atoms. The van der Waals surface area contributed by atoms with E-state index in [4.69, 9.17) is 4.74 Å². The minimum Gasteiger partial charge on any atom is -0.466 e. The standard InChI is InChI=1S/C25H37N3O6/c1-2-3-4-5-6-7-8-9-10-11-17-34-23(29)19-22-24(30)26-15-16-27(22)25(31)20-13-12-14-21(18-20)28(32)33/h12-14,18,22H,2-11,15-17,19H2,1H3,(H,26,30). The highest BCUT2D eigenvalue weighted by atomic mass is 16.6. The summed E-state index contributed by atoms with van der Waals surface area (Å²) in [6, 6.07) is 4.35. The van der Waals surface area contributed by atoms with E-state index in [1.165, 1.54) is 74.1 Å². The number of hydrogen-bond donors (Lipinski definition) is 1. The fraction of sp³-hybridized carbons (Fsp3) is 0.640. The van der Waals surface area contributed by atoms with Crippen molar-refractivity contribution in [2.45, 2.75) is 83.6 Å². The van der Waals surface area contributed by atoms with Gasteiger partial charge in [-0.2, -0.15) is 0 Å². The van der Waals surface area contributed by atoms with Gasteiger partial charge in [0.05, 0.1) is 18.0 Å². The minimum atomic E-state index is -0.999. The highest BCUT2D eigenvalue weighted by molar-refractivity contribution is 5.99. The van der Waals surface area contributed by atoms with Crippen molar-refractivity contribution in [1.29, 1.82) is 0 Å². The van der Waals surface area contributed by atoms with Crippen molar-refractivity contribution in [2.24, 2.45) is 0 Å². The molecule has 1 N–H and O–H groups in total. The maximum atomic E-state index is 12.9. The molecule has 1 aromatic rings. The fourth-order valence-corrected chi connectivity index (χ4v) is 4.07. The predicted molar refractivity (Wildman–Crippen MR) is 128 cm³/mol. The summed E-state index contributed by atoms with van der Waals surface area (Å²) in [5, 5.41) is 13.7. The van der Waals surface area contributed by atoms with Crippen LogP contribution < -0.4 is 5.32 Å². The summed E-state index contributed by atoms with van der Waals surface area (Å²) in [7, 11) is 0. The van der Waals surface area contributed by atoms with Crippen LogP contribution in [0.1, 0.15) is 87.9 Å². The Balaban J connectivity index is 1.75. The second-order valence-electron chi connectivity index (χ2n) is 8.72. The summed E-state index contributed by atoms with van der Waals surface area (Å²) >= 11 is 0. The van der Waals surface area contributed by atoms with Crippen LogP contribution in [0, 0.1) is 10.1 Å². The van der Waals surface area contributed by atoms with Crippen LogP contribution in [0.5, 0.6) is 0 Å². The molecule has 1 fully saturated rings. The summed E-state index contributed by atoms with van der Waals surface area (Å²) in [5.74, 6) is -1.48. The number of nitro groups is 1. The SMILES string of the molecule is CCCCCCCCCCCCOC(=O)CC1C(=O)NCCN1C(=O)c1cccc([N+](=O)[O-])c1. The third-order valence-electron chi connectivity index (χ3n) is 6.02. The number of rotatable bonds is 15. The molecular formula is C25H37N3O6. The molecule has 9 heteroatoms. The maximum absolute atomic E-state index is 12.9. The van der Waals surface area contributed by atoms with Gasteiger partial charge in [0, 0.05) is 30.8 Å². The Morgan fingerprint density at radius 2 is 1.74 bits per heavy atom. The van der Waals surface area contributed by atoms with E-state index in [-0.39, 0.29) is 30.8 Å². The topological polar surface area (TPSA) is 119 Å². The number of non-ortho nitro benzene ring substituents is 1. The fourth-order valence-electron chi connectivity index (χ4n) is 4.07. The van der Waals surface area contributed by atoms with Gasteiger partial charge in [-0.15, -0.1) is 0 Å². The molecule has 0 aromatic heterocycles. The van der Waals surface area contributed by atoms with Crippen molar-refractivity contribution < 1.29 is 24.0 Å². The van der Waals surface area contributed by atoms with Crippen LogP contribution in [-0.4, -0.2) is 53.3 Å². The lowest BCUT2D eigenvalue weighted by molar-refractivity contribution is -0.384. The van der Waals surface area contributed by atoms with Crippen LogP contribution in [0.2, 0.25) is 0 Å². The molecule has 0 aliphatic carbocycles. The molecule has 1 atom stereocenters. The van der Waals surface area contributed by atoms with Crippen LogP contribution in [0.4, 0.5) is 5.69 Å². The van der Waals surface area contributed by atoms with Crippen LogP contribution in [-0.2, 0) is 14.3 Å². The summed E-state index contributed by atoms with van der Waals surface area (Å²) in [5.41, 5.74) is -0.104. The average molecular weight is 476 g/mol. The van der Waals surface area contributed by atoms with Crippen molar-refractivity contribution in [3.63, 3.8) is 0 Å². The van der Waals surface area contributed by atoms with E-state index < -0.39 is 28.7 Å². The Labute approximate surface area is 201 Å². The molecular weight excluding hydrogens is 438 g/mol. The number of carbonyl (C=O) groups is 3. The molecule has 0 bridgehead atoms. The van der Waals surface area contributed by atoms with E-state index in [0.717, 1.165) is 19.3 Å². The van der Waals surface area contributed by atoms with Gasteiger partial charge in [-0.3, -0.25) is 24.5 Å². The van der Waals surface area contributed by atoms with Crippen LogP contribution in [0.15, 0.2) is 24.3 Å². The zero-order valence-corrected chi connectivity index (χ0v) is 20.1. The molecule has 1 heterocycles. The lowest BCUT2D eigenvalue weighted by Gasteiger charge is -2.34. The molecule has 34 heavy (non-hydrogen) atoms. The third kappa shape index (κ3) is 9.11. The number of amides is 2. The van der Waals surface area contributed by atoms with Crippen molar-refractivity contribution in [1.82, 2.24) is 10.2 Å². The largest absolute Gasteiger partial charge is 0.466 e. The Kier molecular flexibility index (Phi) is 12.1. The molecule has 0 saturated carbocycles. The first-order valence-electron chi connectivity index (χ1n) is 12.4. The smallest absolute Gasteiger partial charge is 0.308 e. The quantitative estimate of drug-likeness (QED) is 0.174. The average Bonchev–Trinajstić information content (AvgIpc) is 2.83. The first-order valence-corrected chi connectivity index (χ1v) is 12.4. The lowest BCUT2D eigenvalue weighted by Crippen LogP contribution is -2.57. The molecule has 1 aliphatic rings. The lowest BCUT2D eigenvalue weighted by atomic mass is 10.1. The second kappa shape index (κ2) is 15.0. The predicted octanol–water partition coefficient (Wildman–Crippen LogP) is 4.39. The van der Waals surface area contributed by atoms with Crippen molar-refractivity contribution in [3.05, 3.63) is 39.9 Å². The number of ether oxygens (including phenoxy) is 1. The van der Waals surface area contributed by atoms with Crippen molar-refractivity contribution >= 4 is 23.5 Å². The number of carbonyl (C=O) groups excluding carboxylic acids is 3. The zero-order valence-electron chi connectivity index (χ0n) is 20.1. The number of nitrogens with one attached hydrogen (secondary N) is 1. The molecule has 1 aromatic carbocycles. The molecule has 1 aliphatic heterocycles. The number of nitro benzene ring substituents is 1. The highest BCUT2D eigenvalue weighted by Gasteiger charge is 2.35. The minimum absolute atomic E-state index is 0.104. The van der Waals surface area contributed by atoms with Gasteiger partial charge < -0.3 is 15.0 Å². The van der Waals surface area contributed by atoms with E-state index >= 15 is 0 Å². The number of hydrogen-bond acceptors (Lipinski definition) is 6. The molecule has 188 valence electrons. The molecule has 1 saturated heterocycles. The normalized spacial score (nSPS) is 15.6. The summed E-state index contributed by atoms with van der Waals surface area (Å²) in [6.45, 7) is 2.97. The van der Waals surface area contributed by atoms with E-state index in [1.54, 1.807) is 0 Å². The van der Waals surface area contributed by atoms with Gasteiger partial charge >= 0.3 is 5.97 Å². The van der Waals surface area contributed by atoms with Gasteiger partial charge in [-0.05, 0) is 12.5 Å². The van der Waals surface area contributed by atoms with Crippen LogP contribution >= 0.6 is 0 Å². The molecule has 9 nitrogen and oxygen atoms in total. The molecule has 2 rings (SSSR count). The maximum Gasteiger partial charge on any atom is 0.308 e. The van der Waals surface area contributed by atoms with Gasteiger partial charge in [0.15, 0.2) is 0 Å². The monoisotopic (exact) mass is 475 g/mol. The number of benzene rings is 1. The van der Waals surface area contributed by atoms with E-state index in [9.17, 15) is 24.5 Å². The van der Waals surface area contributed by atoms with Crippen molar-refractivity contribution in [2.75, 3.05) is 19.7 Å². The second-order valence-corrected chi connectivity index (χ2v) is 8.72. The molecule has 1 unspecified atom stereocenters. The number of nitrogens with zero attached hydrogens (tertiary/aromatic N) is 2. The Morgan fingerprint density at radius 1 is 1.09 bits per heavy atom. The van der Waals surface area contributed by atoms with Gasteiger partial charge in [0.2, 0.25) is 5.91 Å². The van der Waals surface area contributed by atoms with Crippen molar-refractivity contribution in [3.8, 4) is 0 Å². The van der Waals surface area contributed by atoms with Gasteiger partial charge in [-0.1, -0.05) is 70.8 Å². The summed E-state index contributed by atoms with van der Waals surface area (Å²) in [4.78, 5) is 49.4. The number of unbranched alkanes of at least 4 members (excludes halogenated alkanes) is 9. The summed E-state index contributed by atoms with van der Waals surface area (Å²) in [6.07, 6.45) is 11.5.